The Hall–Kier alpha value is -3.99. The molecule has 0 amide bonds. The van der Waals surface area contributed by atoms with Crippen molar-refractivity contribution in [3.05, 3.63) is 101 Å². The average molecular weight is 933 g/mol. The van der Waals surface area contributed by atoms with E-state index in [0.29, 0.717) is 5.92 Å². The molecule has 3 heterocycles. The fourth-order valence-electron chi connectivity index (χ4n) is 7.16. The van der Waals surface area contributed by atoms with Crippen LogP contribution >= 0.6 is 0 Å². The first-order valence-electron chi connectivity index (χ1n) is 20.2. The topological polar surface area (TPSA) is 76.5 Å². The SMILES string of the molecule is CCC(C)(CC)C(=O)/C=C(\O)C(C)(CC)CC.Cc1oc2c(-c3ccc4occ(CC(C)C)c4c3)cc(-c3[c-]c4ccccc4c(C(C)(C)C)c3)nc2c1C.[Ir]. The quantitative estimate of drug-likeness (QED) is 0.0796. The van der Waals surface area contributed by atoms with E-state index in [1.165, 1.54) is 22.6 Å². The van der Waals surface area contributed by atoms with Crippen LogP contribution in [0.25, 0.3) is 55.2 Å². The molecule has 6 aromatic rings. The molecular formula is C50H62IrNO4-. The summed E-state index contributed by atoms with van der Waals surface area (Å²) in [6.07, 6.45) is 7.64. The van der Waals surface area contributed by atoms with Gasteiger partial charge in [0.15, 0.2) is 11.4 Å². The molecule has 0 saturated carbocycles. The second-order valence-electron chi connectivity index (χ2n) is 17.4. The molecule has 3 aromatic heterocycles. The zero-order chi connectivity index (χ0) is 40.5. The Morgan fingerprint density at radius 2 is 1.52 bits per heavy atom. The van der Waals surface area contributed by atoms with E-state index >= 15 is 0 Å². The van der Waals surface area contributed by atoms with Crippen LogP contribution in [0.15, 0.2) is 81.5 Å². The summed E-state index contributed by atoms with van der Waals surface area (Å²) in [5, 5.41) is 13.6. The van der Waals surface area contributed by atoms with E-state index in [0.717, 1.165) is 93.3 Å². The fourth-order valence-corrected chi connectivity index (χ4v) is 7.16. The van der Waals surface area contributed by atoms with Gasteiger partial charge in [0.25, 0.3) is 0 Å². The number of ketones is 1. The molecular weight excluding hydrogens is 871 g/mol. The minimum absolute atomic E-state index is 0. The number of pyridine rings is 1. The van der Waals surface area contributed by atoms with E-state index in [1.54, 1.807) is 0 Å². The maximum Gasteiger partial charge on any atom is 0.164 e. The van der Waals surface area contributed by atoms with Crippen LogP contribution in [0.1, 0.15) is 124 Å². The zero-order valence-electron chi connectivity index (χ0n) is 35.9. The van der Waals surface area contributed by atoms with E-state index in [1.807, 2.05) is 54.7 Å². The number of fused-ring (bicyclic) bond motifs is 3. The summed E-state index contributed by atoms with van der Waals surface area (Å²) in [5.41, 5.74) is 9.69. The van der Waals surface area contributed by atoms with Crippen LogP contribution in [0.3, 0.4) is 0 Å². The summed E-state index contributed by atoms with van der Waals surface area (Å²) < 4.78 is 12.2. The van der Waals surface area contributed by atoms with Gasteiger partial charge in [0, 0.05) is 59.2 Å². The minimum atomic E-state index is -0.337. The largest absolute Gasteiger partial charge is 0.512 e. The number of carbonyl (C=O) groups excluding carboxylic acids is 1. The van der Waals surface area contributed by atoms with E-state index in [9.17, 15) is 9.90 Å². The number of benzene rings is 3. The number of aliphatic hydroxyl groups is 1. The molecule has 1 N–H and O–H groups in total. The van der Waals surface area contributed by atoms with Gasteiger partial charge in [-0.25, -0.2) is 0 Å². The van der Waals surface area contributed by atoms with Crippen molar-refractivity contribution in [2.75, 3.05) is 0 Å². The van der Waals surface area contributed by atoms with Gasteiger partial charge in [-0.1, -0.05) is 117 Å². The van der Waals surface area contributed by atoms with Crippen LogP contribution in [0.2, 0.25) is 0 Å². The molecule has 0 aliphatic rings. The van der Waals surface area contributed by atoms with Crippen molar-refractivity contribution in [1.29, 1.82) is 0 Å². The number of furan rings is 2. The van der Waals surface area contributed by atoms with Crippen LogP contribution in [-0.4, -0.2) is 15.9 Å². The molecule has 1 radical (unpaired) electrons. The molecule has 56 heavy (non-hydrogen) atoms. The molecule has 0 aliphatic heterocycles. The number of aromatic nitrogens is 1. The number of nitrogens with zero attached hydrogens (tertiary/aromatic N) is 1. The summed E-state index contributed by atoms with van der Waals surface area (Å²) in [6, 6.07) is 23.1. The van der Waals surface area contributed by atoms with Crippen molar-refractivity contribution >= 4 is 38.6 Å². The minimum Gasteiger partial charge on any atom is -0.512 e. The molecule has 301 valence electrons. The molecule has 5 nitrogen and oxygen atoms in total. The normalized spacial score (nSPS) is 12.6. The van der Waals surface area contributed by atoms with Crippen molar-refractivity contribution in [2.24, 2.45) is 16.7 Å². The number of rotatable bonds is 11. The number of carbonyl (C=O) groups is 1. The summed E-state index contributed by atoms with van der Waals surface area (Å²) in [7, 11) is 0. The first kappa shape index (κ1) is 44.7. The van der Waals surface area contributed by atoms with Crippen molar-refractivity contribution in [2.45, 2.75) is 128 Å². The third-order valence-electron chi connectivity index (χ3n) is 12.2. The van der Waals surface area contributed by atoms with Gasteiger partial charge in [0.1, 0.15) is 22.6 Å². The number of hydrogen-bond donors (Lipinski definition) is 1. The molecule has 6 rings (SSSR count). The number of allylic oxidation sites excluding steroid dienone is 2. The van der Waals surface area contributed by atoms with Crippen molar-refractivity contribution < 1.29 is 38.8 Å². The standard InChI is InChI=1S/C35H34NO2.C15H28O2.Ir/c1-20(2)14-26-19-37-32-13-12-24(16-28(26)32)29-18-31(36-33-21(3)22(4)38-34(29)33)25-15-23-10-8-9-11-27(23)30(17-25)35(5,6)7;1-7-14(5,8-2)12(16)11-13(17)15(6,9-3)10-4;/h8-13,16-20H,14H2,1-7H3;11,16H,7-10H2,1-6H3;/q-1;;/b;12-11-;. The Kier molecular flexibility index (Phi) is 14.1. The molecule has 0 unspecified atom stereocenters. The van der Waals surface area contributed by atoms with Crippen LogP contribution in [0.4, 0.5) is 0 Å². The Balaban J connectivity index is 0.000000330. The van der Waals surface area contributed by atoms with E-state index in [-0.39, 0.29) is 47.9 Å². The van der Waals surface area contributed by atoms with Gasteiger partial charge in [-0.05, 0) is 80.5 Å². The van der Waals surface area contributed by atoms with Crippen molar-refractivity contribution in [3.63, 3.8) is 0 Å². The van der Waals surface area contributed by atoms with Crippen LogP contribution in [0.5, 0.6) is 0 Å². The zero-order valence-corrected chi connectivity index (χ0v) is 38.3. The number of aryl methyl sites for hydroxylation is 2. The molecule has 0 atom stereocenters. The molecule has 0 spiro atoms. The summed E-state index contributed by atoms with van der Waals surface area (Å²) >= 11 is 0. The monoisotopic (exact) mass is 933 g/mol. The Morgan fingerprint density at radius 1 is 0.875 bits per heavy atom. The van der Waals surface area contributed by atoms with Crippen LogP contribution in [-0.2, 0) is 36.7 Å². The maximum atomic E-state index is 12.2. The second kappa shape index (κ2) is 17.7. The summed E-state index contributed by atoms with van der Waals surface area (Å²) in [5.74, 6) is 1.73. The molecule has 0 saturated heterocycles. The number of hydrogen-bond acceptors (Lipinski definition) is 5. The molecule has 0 bridgehead atoms. The number of aliphatic hydroxyl groups excluding tert-OH is 1. The van der Waals surface area contributed by atoms with Crippen LogP contribution in [0, 0.1) is 36.7 Å². The fraction of sp³-hybridized carbons (Fsp3) is 0.440. The predicted octanol–water partition coefficient (Wildman–Crippen LogP) is 14.6. The van der Waals surface area contributed by atoms with Gasteiger partial charge in [-0.3, -0.25) is 9.78 Å². The second-order valence-corrected chi connectivity index (χ2v) is 17.4. The van der Waals surface area contributed by atoms with Gasteiger partial charge in [-0.2, -0.15) is 0 Å². The molecule has 3 aromatic carbocycles. The Bertz CT molecular complexity index is 2340. The van der Waals surface area contributed by atoms with Gasteiger partial charge < -0.3 is 13.9 Å². The van der Waals surface area contributed by atoms with Crippen molar-refractivity contribution in [3.8, 4) is 22.4 Å². The summed E-state index contributed by atoms with van der Waals surface area (Å²) in [4.78, 5) is 17.3. The first-order valence-corrected chi connectivity index (χ1v) is 20.2. The van der Waals surface area contributed by atoms with E-state index in [4.69, 9.17) is 13.8 Å². The third-order valence-corrected chi connectivity index (χ3v) is 12.2. The van der Waals surface area contributed by atoms with Gasteiger partial charge >= 0.3 is 0 Å². The average Bonchev–Trinajstić information content (AvgIpc) is 3.70. The van der Waals surface area contributed by atoms with Gasteiger partial charge in [0.05, 0.1) is 6.26 Å². The van der Waals surface area contributed by atoms with Gasteiger partial charge in [0.2, 0.25) is 0 Å². The van der Waals surface area contributed by atoms with Crippen LogP contribution < -0.4 is 0 Å². The predicted molar refractivity (Wildman–Crippen MR) is 231 cm³/mol. The Labute approximate surface area is 348 Å². The summed E-state index contributed by atoms with van der Waals surface area (Å²) in [6.45, 7) is 27.5. The van der Waals surface area contributed by atoms with Gasteiger partial charge in [-0.15, -0.1) is 29.1 Å². The molecule has 0 fully saturated rings. The smallest absolute Gasteiger partial charge is 0.164 e. The van der Waals surface area contributed by atoms with E-state index in [2.05, 4.69) is 102 Å². The molecule has 6 heteroatoms. The molecule has 0 aliphatic carbocycles. The third kappa shape index (κ3) is 9.08. The Morgan fingerprint density at radius 3 is 2.12 bits per heavy atom. The van der Waals surface area contributed by atoms with E-state index < -0.39 is 0 Å². The maximum absolute atomic E-state index is 12.2. The van der Waals surface area contributed by atoms with Crippen molar-refractivity contribution in [1.82, 2.24) is 4.98 Å². The first-order chi connectivity index (χ1) is 25.9.